The largest absolute Gasteiger partial charge is 0.339 e. The fourth-order valence-electron chi connectivity index (χ4n) is 2.73. The summed E-state index contributed by atoms with van der Waals surface area (Å²) in [5.41, 5.74) is 0.890. The molecule has 2 unspecified atom stereocenters. The lowest BCUT2D eigenvalue weighted by atomic mass is 10.0. The molecule has 1 heterocycles. The van der Waals surface area contributed by atoms with Gasteiger partial charge >= 0.3 is 0 Å². The molecule has 4 nitrogen and oxygen atoms in total. The van der Waals surface area contributed by atoms with Gasteiger partial charge in [0.1, 0.15) is 0 Å². The van der Waals surface area contributed by atoms with E-state index in [0.717, 1.165) is 24.3 Å². The number of rotatable bonds is 3. The first-order valence-electron chi connectivity index (χ1n) is 6.55. The Bertz CT molecular complexity index is 569. The van der Waals surface area contributed by atoms with E-state index in [-0.39, 0.29) is 0 Å². The van der Waals surface area contributed by atoms with E-state index in [1.165, 1.54) is 6.42 Å². The fraction of sp³-hybridized carbons (Fsp3) is 0.429. The molecule has 3 rings (SSSR count). The smallest absolute Gasteiger partial charge is 0.231 e. The van der Waals surface area contributed by atoms with E-state index in [1.807, 2.05) is 31.3 Å². The Morgan fingerprint density at radius 3 is 3.05 bits per heavy atom. The molecule has 0 bridgehead atoms. The molecule has 1 saturated carbocycles. The number of hydrogen-bond donors (Lipinski definition) is 1. The van der Waals surface area contributed by atoms with E-state index in [4.69, 9.17) is 16.1 Å². The van der Waals surface area contributed by atoms with Gasteiger partial charge in [-0.15, -0.1) is 0 Å². The molecule has 1 aromatic carbocycles. The summed E-state index contributed by atoms with van der Waals surface area (Å²) in [7, 11) is 1.98. The molecule has 0 aliphatic heterocycles. The van der Waals surface area contributed by atoms with Gasteiger partial charge in [-0.05, 0) is 32.0 Å². The van der Waals surface area contributed by atoms with Gasteiger partial charge in [-0.3, -0.25) is 0 Å². The topological polar surface area (TPSA) is 51.0 Å². The van der Waals surface area contributed by atoms with Crippen molar-refractivity contribution < 1.29 is 4.52 Å². The van der Waals surface area contributed by atoms with E-state index < -0.39 is 0 Å². The first kappa shape index (κ1) is 12.6. The number of aromatic nitrogens is 2. The number of nitrogens with one attached hydrogen (secondary N) is 1. The van der Waals surface area contributed by atoms with Gasteiger partial charge in [0.2, 0.25) is 11.7 Å². The van der Waals surface area contributed by atoms with Crippen LogP contribution in [0.25, 0.3) is 11.4 Å². The maximum absolute atomic E-state index is 5.98. The number of benzene rings is 1. The normalized spacial score (nSPS) is 22.8. The zero-order chi connectivity index (χ0) is 13.2. The van der Waals surface area contributed by atoms with Gasteiger partial charge in [0.15, 0.2) is 0 Å². The van der Waals surface area contributed by atoms with Crippen molar-refractivity contribution in [3.63, 3.8) is 0 Å². The zero-order valence-corrected chi connectivity index (χ0v) is 11.5. The summed E-state index contributed by atoms with van der Waals surface area (Å²) in [4.78, 5) is 4.53. The molecular weight excluding hydrogens is 262 g/mol. The van der Waals surface area contributed by atoms with Crippen LogP contribution < -0.4 is 5.32 Å². The lowest BCUT2D eigenvalue weighted by Crippen LogP contribution is -2.27. The van der Waals surface area contributed by atoms with Crippen LogP contribution in [0.3, 0.4) is 0 Å². The summed E-state index contributed by atoms with van der Waals surface area (Å²) in [5, 5.41) is 8.07. The van der Waals surface area contributed by atoms with Crippen molar-refractivity contribution >= 4 is 11.6 Å². The minimum atomic E-state index is 0.324. The van der Waals surface area contributed by atoms with Gasteiger partial charge < -0.3 is 9.84 Å². The van der Waals surface area contributed by atoms with Crippen LogP contribution in [0.1, 0.15) is 31.1 Å². The van der Waals surface area contributed by atoms with E-state index in [9.17, 15) is 0 Å². The second-order valence-corrected chi connectivity index (χ2v) is 5.34. The molecule has 19 heavy (non-hydrogen) atoms. The number of likely N-dealkylation sites (N-methyl/N-ethyl adjacent to an activating group) is 1. The molecule has 1 aliphatic carbocycles. The molecule has 2 aromatic rings. The van der Waals surface area contributed by atoms with E-state index in [0.29, 0.717) is 22.8 Å². The third-order valence-corrected chi connectivity index (χ3v) is 3.96. The summed E-state index contributed by atoms with van der Waals surface area (Å²) < 4.78 is 5.43. The highest BCUT2D eigenvalue weighted by Gasteiger charge is 2.31. The molecular formula is C14H16ClN3O. The highest BCUT2D eigenvalue weighted by molar-refractivity contribution is 6.30. The van der Waals surface area contributed by atoms with Crippen LogP contribution in [0, 0.1) is 0 Å². The Morgan fingerprint density at radius 2 is 2.26 bits per heavy atom. The lowest BCUT2D eigenvalue weighted by Gasteiger charge is -2.14. The number of nitrogens with zero attached hydrogens (tertiary/aromatic N) is 2. The quantitative estimate of drug-likeness (QED) is 0.936. The van der Waals surface area contributed by atoms with Crippen molar-refractivity contribution in [2.75, 3.05) is 7.05 Å². The molecule has 0 saturated heterocycles. The number of halogens is 1. The summed E-state index contributed by atoms with van der Waals surface area (Å²) in [6.07, 6.45) is 3.46. The Balaban J connectivity index is 1.87. The van der Waals surface area contributed by atoms with Gasteiger partial charge in [0.05, 0.1) is 5.92 Å². The summed E-state index contributed by atoms with van der Waals surface area (Å²) >= 11 is 5.98. The summed E-state index contributed by atoms with van der Waals surface area (Å²) in [5.74, 6) is 1.66. The maximum Gasteiger partial charge on any atom is 0.231 e. The van der Waals surface area contributed by atoms with E-state index >= 15 is 0 Å². The molecule has 1 fully saturated rings. The Morgan fingerprint density at radius 1 is 1.37 bits per heavy atom. The highest BCUT2D eigenvalue weighted by atomic mass is 35.5. The standard InChI is InChI=1S/C14H16ClN3O/c1-16-12-7-3-6-11(12)14-17-13(18-19-14)9-4-2-5-10(15)8-9/h2,4-5,8,11-12,16H,3,6-7H2,1H3. The summed E-state index contributed by atoms with van der Waals surface area (Å²) in [6, 6.07) is 7.94. The number of hydrogen-bond acceptors (Lipinski definition) is 4. The lowest BCUT2D eigenvalue weighted by molar-refractivity contribution is 0.335. The minimum Gasteiger partial charge on any atom is -0.339 e. The zero-order valence-electron chi connectivity index (χ0n) is 10.8. The monoisotopic (exact) mass is 277 g/mol. The van der Waals surface area contributed by atoms with Crippen molar-refractivity contribution in [3.8, 4) is 11.4 Å². The van der Waals surface area contributed by atoms with Crippen LogP contribution in [0.15, 0.2) is 28.8 Å². The molecule has 0 radical (unpaired) electrons. The predicted molar refractivity (Wildman–Crippen MR) is 74.2 cm³/mol. The second kappa shape index (κ2) is 5.31. The van der Waals surface area contributed by atoms with Crippen molar-refractivity contribution in [1.82, 2.24) is 15.5 Å². The van der Waals surface area contributed by atoms with Gasteiger partial charge in [0.25, 0.3) is 0 Å². The molecule has 1 N–H and O–H groups in total. The average molecular weight is 278 g/mol. The van der Waals surface area contributed by atoms with Crippen LogP contribution >= 0.6 is 11.6 Å². The van der Waals surface area contributed by atoms with Crippen LogP contribution in [0.5, 0.6) is 0 Å². The Hall–Kier alpha value is -1.39. The maximum atomic E-state index is 5.98. The third-order valence-electron chi connectivity index (χ3n) is 3.73. The first-order chi connectivity index (χ1) is 9.28. The molecule has 100 valence electrons. The Labute approximate surface area is 117 Å². The highest BCUT2D eigenvalue weighted by Crippen LogP contribution is 2.34. The molecule has 1 aromatic heterocycles. The van der Waals surface area contributed by atoms with Crippen molar-refractivity contribution in [3.05, 3.63) is 35.2 Å². The minimum absolute atomic E-state index is 0.324. The average Bonchev–Trinajstić information content (AvgIpc) is 3.07. The first-order valence-corrected chi connectivity index (χ1v) is 6.92. The van der Waals surface area contributed by atoms with E-state index in [2.05, 4.69) is 15.5 Å². The molecule has 0 spiro atoms. The summed E-state index contributed by atoms with van der Waals surface area (Å²) in [6.45, 7) is 0. The van der Waals surface area contributed by atoms with Gasteiger partial charge in [-0.2, -0.15) is 4.98 Å². The third kappa shape index (κ3) is 2.51. The predicted octanol–water partition coefficient (Wildman–Crippen LogP) is 3.25. The Kier molecular flexibility index (Phi) is 3.53. The molecule has 5 heteroatoms. The molecule has 1 aliphatic rings. The van der Waals surface area contributed by atoms with E-state index in [1.54, 1.807) is 0 Å². The van der Waals surface area contributed by atoms with Crippen molar-refractivity contribution in [2.45, 2.75) is 31.2 Å². The van der Waals surface area contributed by atoms with Crippen molar-refractivity contribution in [2.24, 2.45) is 0 Å². The van der Waals surface area contributed by atoms with Gasteiger partial charge in [-0.1, -0.05) is 35.3 Å². The van der Waals surface area contributed by atoms with Gasteiger partial charge in [0, 0.05) is 16.6 Å². The fourth-order valence-corrected chi connectivity index (χ4v) is 2.92. The molecule has 2 atom stereocenters. The van der Waals surface area contributed by atoms with Crippen LogP contribution in [0.4, 0.5) is 0 Å². The van der Waals surface area contributed by atoms with Gasteiger partial charge in [-0.25, -0.2) is 0 Å². The molecule has 0 amide bonds. The second-order valence-electron chi connectivity index (χ2n) is 4.90. The SMILES string of the molecule is CNC1CCCC1c1nc(-c2cccc(Cl)c2)no1. The van der Waals surface area contributed by atoms with Crippen molar-refractivity contribution in [1.29, 1.82) is 0 Å². The van der Waals surface area contributed by atoms with Crippen LogP contribution in [-0.4, -0.2) is 23.2 Å². The van der Waals surface area contributed by atoms with Crippen LogP contribution in [-0.2, 0) is 0 Å². The van der Waals surface area contributed by atoms with Crippen LogP contribution in [0.2, 0.25) is 5.02 Å².